The van der Waals surface area contributed by atoms with Gasteiger partial charge in [0.25, 0.3) is 0 Å². The third kappa shape index (κ3) is 2.70. The van der Waals surface area contributed by atoms with Gasteiger partial charge in [-0.2, -0.15) is 4.80 Å². The topological polar surface area (TPSA) is 79.1 Å². The molecule has 0 amide bonds. The molecule has 0 bridgehead atoms. The van der Waals surface area contributed by atoms with Gasteiger partial charge in [0.15, 0.2) is 23.1 Å². The normalized spacial score (nSPS) is 10.3. The Morgan fingerprint density at radius 3 is 2.68 bits per heavy atom. The van der Waals surface area contributed by atoms with Gasteiger partial charge in [-0.05, 0) is 17.3 Å². The van der Waals surface area contributed by atoms with Crippen LogP contribution in [0, 0.1) is 0 Å². The Kier molecular flexibility index (Phi) is 3.74. The van der Waals surface area contributed by atoms with Crippen molar-refractivity contribution < 1.29 is 14.3 Å². The fraction of sp³-hybridized carbons (Fsp3) is 0.333. The van der Waals surface area contributed by atoms with E-state index < -0.39 is 0 Å². The number of methoxy groups -OCH3 is 2. The fourth-order valence-electron chi connectivity index (χ4n) is 1.74. The number of rotatable bonds is 5. The van der Waals surface area contributed by atoms with Crippen LogP contribution in [0.1, 0.15) is 16.2 Å². The summed E-state index contributed by atoms with van der Waals surface area (Å²) in [5, 5.41) is 11.5. The monoisotopic (exact) mass is 262 g/mol. The number of Topliss-reactive ketones (excluding diaryl/α,β-unsaturated/α-hetero) is 1. The molecule has 0 radical (unpaired) electrons. The summed E-state index contributed by atoms with van der Waals surface area (Å²) in [7, 11) is 4.67. The van der Waals surface area contributed by atoms with Crippen LogP contribution >= 0.6 is 0 Å². The number of aromatic nitrogens is 4. The van der Waals surface area contributed by atoms with Crippen molar-refractivity contribution in [2.45, 2.75) is 6.42 Å². The molecule has 1 aromatic heterocycles. The molecule has 0 aliphatic carbocycles. The quantitative estimate of drug-likeness (QED) is 0.736. The second kappa shape index (κ2) is 5.47. The molecule has 0 fully saturated rings. The molecule has 0 aliphatic heterocycles. The van der Waals surface area contributed by atoms with Crippen LogP contribution in [0.5, 0.6) is 11.5 Å². The van der Waals surface area contributed by atoms with Crippen molar-refractivity contribution >= 4 is 5.78 Å². The number of ether oxygens (including phenoxy) is 2. The summed E-state index contributed by atoms with van der Waals surface area (Å²) in [6, 6.07) is 5.15. The first-order valence-corrected chi connectivity index (χ1v) is 5.62. The zero-order valence-corrected chi connectivity index (χ0v) is 11.0. The first-order valence-electron chi connectivity index (χ1n) is 5.62. The Bertz CT molecular complexity index is 594. The number of aryl methyl sites for hydroxylation is 1. The van der Waals surface area contributed by atoms with E-state index in [2.05, 4.69) is 15.4 Å². The van der Waals surface area contributed by atoms with Gasteiger partial charge in [0.05, 0.1) is 33.3 Å². The number of carbonyl (C=O) groups is 1. The maximum Gasteiger partial charge on any atom is 0.182 e. The highest BCUT2D eigenvalue weighted by molar-refractivity contribution is 6.00. The van der Waals surface area contributed by atoms with E-state index in [1.165, 1.54) is 19.0 Å². The molecule has 0 unspecified atom stereocenters. The van der Waals surface area contributed by atoms with E-state index in [0.717, 1.165) is 0 Å². The molecule has 100 valence electrons. The largest absolute Gasteiger partial charge is 0.493 e. The van der Waals surface area contributed by atoms with Crippen molar-refractivity contribution in [3.8, 4) is 11.5 Å². The third-order valence-electron chi connectivity index (χ3n) is 2.57. The maximum atomic E-state index is 12.2. The average Bonchev–Trinajstić information content (AvgIpc) is 2.82. The van der Waals surface area contributed by atoms with Crippen LogP contribution in [0.2, 0.25) is 0 Å². The van der Waals surface area contributed by atoms with E-state index in [1.54, 1.807) is 25.2 Å². The summed E-state index contributed by atoms with van der Waals surface area (Å²) in [6.07, 6.45) is 0.0668. The van der Waals surface area contributed by atoms with Gasteiger partial charge < -0.3 is 9.47 Å². The van der Waals surface area contributed by atoms with Crippen molar-refractivity contribution in [1.82, 2.24) is 20.2 Å². The van der Waals surface area contributed by atoms with E-state index in [-0.39, 0.29) is 12.2 Å². The second-order valence-corrected chi connectivity index (χ2v) is 3.84. The van der Waals surface area contributed by atoms with Gasteiger partial charge in [-0.1, -0.05) is 6.07 Å². The van der Waals surface area contributed by atoms with Crippen LogP contribution in [0.15, 0.2) is 18.2 Å². The van der Waals surface area contributed by atoms with Crippen LogP contribution < -0.4 is 9.47 Å². The number of hydrogen-bond acceptors (Lipinski definition) is 6. The molecular formula is C12H14N4O3. The van der Waals surface area contributed by atoms with Crippen LogP contribution in [0.3, 0.4) is 0 Å². The fourth-order valence-corrected chi connectivity index (χ4v) is 1.74. The lowest BCUT2D eigenvalue weighted by molar-refractivity contribution is 0.0987. The first kappa shape index (κ1) is 13.0. The van der Waals surface area contributed by atoms with Gasteiger partial charge in [-0.3, -0.25) is 4.79 Å². The third-order valence-corrected chi connectivity index (χ3v) is 2.57. The van der Waals surface area contributed by atoms with Gasteiger partial charge >= 0.3 is 0 Å². The van der Waals surface area contributed by atoms with Crippen LogP contribution in [0.25, 0.3) is 0 Å². The number of ketones is 1. The Labute approximate surface area is 110 Å². The van der Waals surface area contributed by atoms with Gasteiger partial charge in [-0.25, -0.2) is 0 Å². The predicted molar refractivity (Wildman–Crippen MR) is 66.4 cm³/mol. The van der Waals surface area contributed by atoms with Crippen molar-refractivity contribution in [1.29, 1.82) is 0 Å². The number of carbonyl (C=O) groups excluding carboxylic acids is 1. The number of para-hydroxylation sites is 1. The highest BCUT2D eigenvalue weighted by atomic mass is 16.5. The zero-order chi connectivity index (χ0) is 13.8. The molecule has 0 saturated carbocycles. The van der Waals surface area contributed by atoms with E-state index in [4.69, 9.17) is 9.47 Å². The Balaban J connectivity index is 2.28. The SMILES string of the molecule is COc1cccc(C(=O)Cc2nnn(C)n2)c1OC. The maximum absolute atomic E-state index is 12.2. The lowest BCUT2D eigenvalue weighted by atomic mass is 10.1. The summed E-state index contributed by atoms with van der Waals surface area (Å²) in [5.41, 5.74) is 0.439. The molecule has 0 saturated heterocycles. The standard InChI is InChI=1S/C12H14N4O3/c1-16-14-11(13-15-16)7-9(17)8-5-4-6-10(18-2)12(8)19-3/h4-6H,7H2,1-3H3. The molecule has 19 heavy (non-hydrogen) atoms. The minimum Gasteiger partial charge on any atom is -0.493 e. The molecular weight excluding hydrogens is 248 g/mol. The molecule has 1 heterocycles. The van der Waals surface area contributed by atoms with Crippen molar-refractivity contribution in [3.05, 3.63) is 29.6 Å². The molecule has 0 N–H and O–H groups in total. The van der Waals surface area contributed by atoms with Crippen molar-refractivity contribution in [2.24, 2.45) is 7.05 Å². The molecule has 2 aromatic rings. The summed E-state index contributed by atoms with van der Waals surface area (Å²) >= 11 is 0. The number of benzene rings is 1. The highest BCUT2D eigenvalue weighted by Gasteiger charge is 2.18. The second-order valence-electron chi connectivity index (χ2n) is 3.84. The average molecular weight is 262 g/mol. The number of hydrogen-bond donors (Lipinski definition) is 0. The van der Waals surface area contributed by atoms with Gasteiger partial charge in [-0.15, -0.1) is 10.2 Å². The molecule has 0 aliphatic rings. The Hall–Kier alpha value is -2.44. The van der Waals surface area contributed by atoms with E-state index >= 15 is 0 Å². The van der Waals surface area contributed by atoms with Crippen LogP contribution in [-0.4, -0.2) is 40.2 Å². The smallest absolute Gasteiger partial charge is 0.182 e. The first-order chi connectivity index (χ1) is 9.15. The molecule has 0 atom stereocenters. The highest BCUT2D eigenvalue weighted by Crippen LogP contribution is 2.31. The Morgan fingerprint density at radius 2 is 2.11 bits per heavy atom. The summed E-state index contributed by atoms with van der Waals surface area (Å²) in [5.74, 6) is 1.15. The number of tetrazole rings is 1. The predicted octanol–water partition coefficient (Wildman–Crippen LogP) is 0.653. The molecule has 2 rings (SSSR count). The minimum atomic E-state index is -0.149. The van der Waals surface area contributed by atoms with E-state index in [9.17, 15) is 4.79 Å². The van der Waals surface area contributed by atoms with Gasteiger partial charge in [0, 0.05) is 0 Å². The lowest BCUT2D eigenvalue weighted by Gasteiger charge is -2.10. The van der Waals surface area contributed by atoms with E-state index in [0.29, 0.717) is 22.9 Å². The van der Waals surface area contributed by atoms with E-state index in [1.807, 2.05) is 0 Å². The van der Waals surface area contributed by atoms with Gasteiger partial charge in [0.2, 0.25) is 0 Å². The van der Waals surface area contributed by atoms with Crippen LogP contribution in [-0.2, 0) is 13.5 Å². The molecule has 0 spiro atoms. The molecule has 7 heteroatoms. The summed E-state index contributed by atoms with van der Waals surface area (Å²) < 4.78 is 10.4. The minimum absolute atomic E-state index is 0.0668. The summed E-state index contributed by atoms with van der Waals surface area (Å²) in [6.45, 7) is 0. The van der Waals surface area contributed by atoms with Crippen molar-refractivity contribution in [3.63, 3.8) is 0 Å². The summed E-state index contributed by atoms with van der Waals surface area (Å²) in [4.78, 5) is 13.5. The number of nitrogens with zero attached hydrogens (tertiary/aromatic N) is 4. The molecule has 7 nitrogen and oxygen atoms in total. The lowest BCUT2D eigenvalue weighted by Crippen LogP contribution is -2.08. The van der Waals surface area contributed by atoms with Crippen LogP contribution in [0.4, 0.5) is 0 Å². The van der Waals surface area contributed by atoms with Gasteiger partial charge in [0.1, 0.15) is 0 Å². The molecule has 1 aromatic carbocycles. The zero-order valence-electron chi connectivity index (χ0n) is 11.0. The Morgan fingerprint density at radius 1 is 1.32 bits per heavy atom. The van der Waals surface area contributed by atoms with Crippen molar-refractivity contribution in [2.75, 3.05) is 14.2 Å².